The van der Waals surface area contributed by atoms with Crippen LogP contribution in [0.4, 0.5) is 4.39 Å². The van der Waals surface area contributed by atoms with Crippen molar-refractivity contribution >= 4 is 46.5 Å². The zero-order chi connectivity index (χ0) is 21.8. The highest BCUT2D eigenvalue weighted by Gasteiger charge is 2.27. The minimum Gasteiger partial charge on any atom is -0.335 e. The monoisotopic (exact) mass is 475 g/mol. The average Bonchev–Trinajstić information content (AvgIpc) is 3.31. The van der Waals surface area contributed by atoms with E-state index in [9.17, 15) is 14.0 Å². The number of amides is 2. The lowest BCUT2D eigenvalue weighted by Crippen LogP contribution is -2.50. The van der Waals surface area contributed by atoms with Crippen LogP contribution in [0.1, 0.15) is 26.4 Å². The number of piperazine rings is 1. The summed E-state index contributed by atoms with van der Waals surface area (Å²) in [5.74, 6) is -0.0815. The van der Waals surface area contributed by atoms with Crippen molar-refractivity contribution in [3.05, 3.63) is 81.0 Å². The first-order valence-electron chi connectivity index (χ1n) is 9.65. The van der Waals surface area contributed by atoms with Crippen LogP contribution in [-0.4, -0.2) is 52.8 Å². The molecule has 160 valence electrons. The highest BCUT2D eigenvalue weighted by molar-refractivity contribution is 7.98. The second-order valence-electron chi connectivity index (χ2n) is 6.97. The minimum atomic E-state index is -0.483. The van der Waals surface area contributed by atoms with Crippen molar-refractivity contribution in [3.63, 3.8) is 0 Å². The third kappa shape index (κ3) is 5.08. The molecule has 0 N–H and O–H groups in total. The van der Waals surface area contributed by atoms with E-state index in [4.69, 9.17) is 11.6 Å². The lowest BCUT2D eigenvalue weighted by molar-refractivity contribution is 0.0533. The molecule has 1 aromatic heterocycles. The van der Waals surface area contributed by atoms with Crippen molar-refractivity contribution in [1.82, 2.24) is 14.8 Å². The van der Waals surface area contributed by atoms with Crippen molar-refractivity contribution in [3.8, 4) is 0 Å². The maximum Gasteiger partial charge on any atom is 0.255 e. The van der Waals surface area contributed by atoms with Crippen molar-refractivity contribution < 1.29 is 14.0 Å². The zero-order valence-electron chi connectivity index (χ0n) is 16.5. The molecule has 1 aliphatic heterocycles. The van der Waals surface area contributed by atoms with Gasteiger partial charge in [-0.05, 0) is 30.3 Å². The van der Waals surface area contributed by atoms with E-state index in [0.717, 1.165) is 16.7 Å². The molecule has 5 nitrogen and oxygen atoms in total. The largest absolute Gasteiger partial charge is 0.335 e. The number of carbonyl (C=O) groups is 2. The van der Waals surface area contributed by atoms with Crippen molar-refractivity contribution in [2.75, 3.05) is 26.2 Å². The minimum absolute atomic E-state index is 0.0479. The van der Waals surface area contributed by atoms with E-state index in [0.29, 0.717) is 37.5 Å². The standard InChI is InChI=1S/C22H19ClFN3O2S2/c23-19-11-15(24)5-6-17(19)21(28)26-7-9-27(10-8-26)22(29)18-3-1-2-4-20(18)31-13-16-12-30-14-25-16/h1-6,11-12,14H,7-10,13H2. The molecule has 2 aromatic carbocycles. The first-order valence-corrected chi connectivity index (χ1v) is 12.0. The number of hydrogen-bond donors (Lipinski definition) is 0. The summed E-state index contributed by atoms with van der Waals surface area (Å²) in [5, 5.41) is 2.09. The molecule has 1 saturated heterocycles. The van der Waals surface area contributed by atoms with Gasteiger partial charge in [0, 0.05) is 42.2 Å². The van der Waals surface area contributed by atoms with Gasteiger partial charge in [0.15, 0.2) is 0 Å². The van der Waals surface area contributed by atoms with Crippen LogP contribution in [0, 0.1) is 5.82 Å². The molecular formula is C22H19ClFN3O2S2. The first kappa shape index (κ1) is 21.8. The van der Waals surface area contributed by atoms with E-state index >= 15 is 0 Å². The molecular weight excluding hydrogens is 457 g/mol. The highest BCUT2D eigenvalue weighted by Crippen LogP contribution is 2.28. The summed E-state index contributed by atoms with van der Waals surface area (Å²) in [6.45, 7) is 1.64. The van der Waals surface area contributed by atoms with Crippen LogP contribution in [0.5, 0.6) is 0 Å². The number of carbonyl (C=O) groups excluding carboxylic acids is 2. The number of thioether (sulfide) groups is 1. The number of halogens is 2. The average molecular weight is 476 g/mol. The fourth-order valence-corrected chi connectivity index (χ4v) is 5.20. The molecule has 9 heteroatoms. The second-order valence-corrected chi connectivity index (χ2v) is 9.12. The van der Waals surface area contributed by atoms with Crippen LogP contribution in [0.15, 0.2) is 58.3 Å². The van der Waals surface area contributed by atoms with Gasteiger partial charge >= 0.3 is 0 Å². The lowest BCUT2D eigenvalue weighted by Gasteiger charge is -2.35. The van der Waals surface area contributed by atoms with Crippen molar-refractivity contribution in [2.45, 2.75) is 10.6 Å². The lowest BCUT2D eigenvalue weighted by atomic mass is 10.1. The molecule has 0 aliphatic carbocycles. The maximum absolute atomic E-state index is 13.3. The van der Waals surface area contributed by atoms with Gasteiger partial charge in [-0.15, -0.1) is 23.1 Å². The summed E-state index contributed by atoms with van der Waals surface area (Å²) < 4.78 is 13.3. The summed E-state index contributed by atoms with van der Waals surface area (Å²) in [6, 6.07) is 11.3. The van der Waals surface area contributed by atoms with Gasteiger partial charge in [0.05, 0.1) is 27.4 Å². The number of benzene rings is 2. The quantitative estimate of drug-likeness (QED) is 0.496. The summed E-state index contributed by atoms with van der Waals surface area (Å²) in [6.07, 6.45) is 0. The fourth-order valence-electron chi connectivity index (χ4n) is 3.35. The second kappa shape index (κ2) is 9.80. The molecule has 1 aliphatic rings. The van der Waals surface area contributed by atoms with Crippen molar-refractivity contribution in [1.29, 1.82) is 0 Å². The highest BCUT2D eigenvalue weighted by atomic mass is 35.5. The Balaban J connectivity index is 1.40. The molecule has 0 spiro atoms. The Morgan fingerprint density at radius 1 is 1.03 bits per heavy atom. The van der Waals surface area contributed by atoms with Crippen LogP contribution < -0.4 is 0 Å². The smallest absolute Gasteiger partial charge is 0.255 e. The summed E-state index contributed by atoms with van der Waals surface area (Å²) >= 11 is 9.17. The molecule has 1 fully saturated rings. The van der Waals surface area contributed by atoms with Crippen LogP contribution in [0.2, 0.25) is 5.02 Å². The molecule has 0 radical (unpaired) electrons. The van der Waals surface area contributed by atoms with Gasteiger partial charge in [0.2, 0.25) is 0 Å². The predicted octanol–water partition coefficient (Wildman–Crippen LogP) is 4.83. The number of hydrogen-bond acceptors (Lipinski definition) is 5. The molecule has 2 heterocycles. The van der Waals surface area contributed by atoms with E-state index in [1.807, 2.05) is 29.6 Å². The SMILES string of the molecule is O=C(c1ccc(F)cc1Cl)N1CCN(C(=O)c2ccccc2SCc2cscn2)CC1. The Kier molecular flexibility index (Phi) is 6.89. The Bertz CT molecular complexity index is 1090. The van der Waals surface area contributed by atoms with Crippen molar-refractivity contribution in [2.24, 2.45) is 0 Å². The zero-order valence-corrected chi connectivity index (χ0v) is 18.9. The van der Waals surface area contributed by atoms with Gasteiger partial charge in [0.1, 0.15) is 5.82 Å². The summed E-state index contributed by atoms with van der Waals surface area (Å²) in [7, 11) is 0. The number of rotatable bonds is 5. The van der Waals surface area contributed by atoms with E-state index in [-0.39, 0.29) is 22.4 Å². The summed E-state index contributed by atoms with van der Waals surface area (Å²) in [5.41, 5.74) is 3.71. The van der Waals surface area contributed by atoms with Crippen LogP contribution >= 0.6 is 34.7 Å². The van der Waals surface area contributed by atoms with Gasteiger partial charge in [0.25, 0.3) is 11.8 Å². The predicted molar refractivity (Wildman–Crippen MR) is 121 cm³/mol. The molecule has 3 aromatic rings. The van der Waals surface area contributed by atoms with Crippen LogP contribution in [0.25, 0.3) is 0 Å². The normalized spacial score (nSPS) is 14.0. The van der Waals surface area contributed by atoms with E-state index < -0.39 is 5.82 Å². The molecule has 0 unspecified atom stereocenters. The van der Waals surface area contributed by atoms with Gasteiger partial charge < -0.3 is 9.80 Å². The van der Waals surface area contributed by atoms with Gasteiger partial charge in [-0.1, -0.05) is 23.7 Å². The van der Waals surface area contributed by atoms with Gasteiger partial charge in [-0.3, -0.25) is 9.59 Å². The van der Waals surface area contributed by atoms with Crippen LogP contribution in [-0.2, 0) is 5.75 Å². The number of nitrogens with zero attached hydrogens (tertiary/aromatic N) is 3. The number of aromatic nitrogens is 1. The molecule has 0 bridgehead atoms. The third-order valence-electron chi connectivity index (χ3n) is 4.99. The molecule has 0 atom stereocenters. The van der Waals surface area contributed by atoms with Gasteiger partial charge in [-0.2, -0.15) is 0 Å². The van der Waals surface area contributed by atoms with E-state index in [2.05, 4.69) is 4.98 Å². The van der Waals surface area contributed by atoms with E-state index in [1.165, 1.54) is 12.1 Å². The molecule has 0 saturated carbocycles. The molecule has 31 heavy (non-hydrogen) atoms. The topological polar surface area (TPSA) is 53.5 Å². The maximum atomic E-state index is 13.3. The first-order chi connectivity index (χ1) is 15.0. The third-order valence-corrected chi connectivity index (χ3v) is 7.05. The Labute approximate surface area is 192 Å². The molecule has 2 amide bonds. The Morgan fingerprint density at radius 3 is 2.35 bits per heavy atom. The van der Waals surface area contributed by atoms with Gasteiger partial charge in [-0.25, -0.2) is 9.37 Å². The fraction of sp³-hybridized carbons (Fsp3) is 0.227. The van der Waals surface area contributed by atoms with Crippen LogP contribution in [0.3, 0.4) is 0 Å². The number of thiazole rings is 1. The molecule has 4 rings (SSSR count). The summed E-state index contributed by atoms with van der Waals surface area (Å²) in [4.78, 5) is 34.5. The van der Waals surface area contributed by atoms with E-state index in [1.54, 1.807) is 38.4 Å². The Hall–Kier alpha value is -2.42. The Morgan fingerprint density at radius 2 is 1.71 bits per heavy atom.